The Bertz CT molecular complexity index is 714. The fourth-order valence-electron chi connectivity index (χ4n) is 3.75. The van der Waals surface area contributed by atoms with Crippen LogP contribution < -0.4 is 16.4 Å². The Morgan fingerprint density at radius 2 is 2.00 bits per heavy atom. The zero-order valence-electron chi connectivity index (χ0n) is 12.6. The molecule has 23 heavy (non-hydrogen) atoms. The van der Waals surface area contributed by atoms with Crippen LogP contribution in [0.4, 0.5) is 5.69 Å². The van der Waals surface area contributed by atoms with Crippen LogP contribution >= 0.6 is 12.2 Å². The molecule has 5 nitrogen and oxygen atoms in total. The fourth-order valence-corrected chi connectivity index (χ4v) is 4.20. The Hall–Kier alpha value is -2.39. The first-order valence-electron chi connectivity index (χ1n) is 7.65. The van der Waals surface area contributed by atoms with Gasteiger partial charge < -0.3 is 16.4 Å². The van der Waals surface area contributed by atoms with E-state index in [9.17, 15) is 10.1 Å². The summed E-state index contributed by atoms with van der Waals surface area (Å²) in [5, 5.41) is 15.3. The molecule has 1 unspecified atom stereocenters. The molecule has 0 aromatic heterocycles. The van der Waals surface area contributed by atoms with Crippen LogP contribution in [-0.2, 0) is 4.79 Å². The Morgan fingerprint density at radius 3 is 2.61 bits per heavy atom. The minimum Gasteiger partial charge on any atom is -0.384 e. The van der Waals surface area contributed by atoms with E-state index < -0.39 is 11.3 Å². The van der Waals surface area contributed by atoms with Gasteiger partial charge in [-0.25, -0.2) is 0 Å². The van der Waals surface area contributed by atoms with Crippen molar-refractivity contribution in [2.75, 3.05) is 5.32 Å². The van der Waals surface area contributed by atoms with Crippen molar-refractivity contribution in [1.82, 2.24) is 5.32 Å². The predicted octanol–water partition coefficient (Wildman–Crippen LogP) is 2.43. The van der Waals surface area contributed by atoms with Crippen molar-refractivity contribution in [2.24, 2.45) is 17.1 Å². The maximum Gasteiger partial charge on any atom is 0.235 e. The van der Waals surface area contributed by atoms with Gasteiger partial charge in [0, 0.05) is 11.1 Å². The van der Waals surface area contributed by atoms with E-state index in [0.717, 1.165) is 31.4 Å². The first-order valence-corrected chi connectivity index (χ1v) is 8.06. The molecule has 1 heterocycles. The van der Waals surface area contributed by atoms with Gasteiger partial charge in [-0.2, -0.15) is 5.26 Å². The molecule has 4 N–H and O–H groups in total. The highest BCUT2D eigenvalue weighted by Crippen LogP contribution is 2.52. The Balaban J connectivity index is 1.98. The summed E-state index contributed by atoms with van der Waals surface area (Å²) in [7, 11) is 0. The number of nitrogens with two attached hydrogens (primary N) is 1. The van der Waals surface area contributed by atoms with Gasteiger partial charge in [-0.1, -0.05) is 43.3 Å². The number of para-hydroxylation sites is 1. The van der Waals surface area contributed by atoms with Gasteiger partial charge in [-0.15, -0.1) is 0 Å². The standard InChI is InChI=1S/C17H18N4OS/c18-10-12-14(19)21-16(23)13(17(12)8-4-5-9-17)15(22)20-11-6-2-1-3-7-11/h1-3,6-7,13H,4-5,8-9,19H2,(H,20,22)(H,21,23). The highest BCUT2D eigenvalue weighted by molar-refractivity contribution is 7.80. The lowest BCUT2D eigenvalue weighted by Gasteiger charge is -2.41. The molecule has 1 aliphatic heterocycles. The summed E-state index contributed by atoms with van der Waals surface area (Å²) in [6, 6.07) is 11.5. The minimum atomic E-state index is -0.569. The zero-order chi connectivity index (χ0) is 16.4. The number of carbonyl (C=O) groups is 1. The summed E-state index contributed by atoms with van der Waals surface area (Å²) < 4.78 is 0. The van der Waals surface area contributed by atoms with Crippen molar-refractivity contribution in [3.8, 4) is 6.07 Å². The number of allylic oxidation sites excluding steroid dienone is 1. The average Bonchev–Trinajstić information content (AvgIpc) is 2.97. The molecular weight excluding hydrogens is 308 g/mol. The number of thiocarbonyl (C=S) groups is 1. The van der Waals surface area contributed by atoms with Crippen molar-refractivity contribution in [2.45, 2.75) is 25.7 Å². The quantitative estimate of drug-likeness (QED) is 0.726. The van der Waals surface area contributed by atoms with Crippen molar-refractivity contribution >= 4 is 28.8 Å². The molecule has 0 saturated heterocycles. The van der Waals surface area contributed by atoms with E-state index in [1.807, 2.05) is 30.3 Å². The molecule has 6 heteroatoms. The Morgan fingerprint density at radius 1 is 1.35 bits per heavy atom. The number of hydrogen-bond donors (Lipinski definition) is 3. The van der Waals surface area contributed by atoms with Crippen LogP contribution in [0, 0.1) is 22.7 Å². The monoisotopic (exact) mass is 326 g/mol. The maximum atomic E-state index is 12.9. The first-order chi connectivity index (χ1) is 11.1. The van der Waals surface area contributed by atoms with Crippen molar-refractivity contribution in [3.05, 3.63) is 41.7 Å². The number of rotatable bonds is 2. The van der Waals surface area contributed by atoms with E-state index >= 15 is 0 Å². The van der Waals surface area contributed by atoms with Gasteiger partial charge in [0.1, 0.15) is 5.82 Å². The smallest absolute Gasteiger partial charge is 0.235 e. The molecule has 1 amide bonds. The minimum absolute atomic E-state index is 0.184. The summed E-state index contributed by atoms with van der Waals surface area (Å²) >= 11 is 5.41. The van der Waals surface area contributed by atoms with Crippen molar-refractivity contribution in [3.63, 3.8) is 0 Å². The molecule has 1 atom stereocenters. The number of hydrogen-bond acceptors (Lipinski definition) is 4. The Labute approximate surface area is 140 Å². The van der Waals surface area contributed by atoms with Crippen LogP contribution in [0.1, 0.15) is 25.7 Å². The molecule has 2 aliphatic rings. The van der Waals surface area contributed by atoms with Gasteiger partial charge in [0.05, 0.1) is 22.5 Å². The largest absolute Gasteiger partial charge is 0.384 e. The molecule has 1 aromatic carbocycles. The van der Waals surface area contributed by atoms with Crippen molar-refractivity contribution < 1.29 is 4.79 Å². The summed E-state index contributed by atoms with van der Waals surface area (Å²) in [5.74, 6) is -0.457. The van der Waals surface area contributed by atoms with Gasteiger partial charge in [-0.05, 0) is 25.0 Å². The van der Waals surface area contributed by atoms with E-state index in [0.29, 0.717) is 16.4 Å². The molecule has 1 saturated carbocycles. The van der Waals surface area contributed by atoms with E-state index in [2.05, 4.69) is 16.7 Å². The summed E-state index contributed by atoms with van der Waals surface area (Å²) in [4.78, 5) is 13.3. The number of nitriles is 1. The topological polar surface area (TPSA) is 90.9 Å². The van der Waals surface area contributed by atoms with Crippen LogP contribution in [-0.4, -0.2) is 10.9 Å². The molecule has 1 spiro atoms. The molecule has 118 valence electrons. The van der Waals surface area contributed by atoms with Crippen LogP contribution in [0.25, 0.3) is 0 Å². The normalized spacial score (nSPS) is 22.6. The van der Waals surface area contributed by atoms with E-state index in [1.165, 1.54) is 0 Å². The number of amides is 1. The predicted molar refractivity (Wildman–Crippen MR) is 92.0 cm³/mol. The second-order valence-corrected chi connectivity index (χ2v) is 6.48. The first kappa shape index (κ1) is 15.5. The van der Waals surface area contributed by atoms with E-state index in [-0.39, 0.29) is 5.91 Å². The number of anilines is 1. The second kappa shape index (κ2) is 6.01. The lowest BCUT2D eigenvalue weighted by atomic mass is 9.66. The van der Waals surface area contributed by atoms with Gasteiger partial charge in [-0.3, -0.25) is 4.79 Å². The highest BCUT2D eigenvalue weighted by Gasteiger charge is 2.53. The highest BCUT2D eigenvalue weighted by atomic mass is 32.1. The molecule has 1 aliphatic carbocycles. The third-order valence-corrected chi connectivity index (χ3v) is 5.09. The maximum absolute atomic E-state index is 12.9. The Kier molecular flexibility index (Phi) is 4.05. The van der Waals surface area contributed by atoms with E-state index in [4.69, 9.17) is 18.0 Å². The molecule has 3 rings (SSSR count). The lowest BCUT2D eigenvalue weighted by Crippen LogP contribution is -2.53. The SMILES string of the molecule is N#CC1=C(N)NC(=S)C(C(=O)Nc2ccccc2)C12CCCC2. The van der Waals surface area contributed by atoms with Gasteiger partial charge in [0.15, 0.2) is 0 Å². The average molecular weight is 326 g/mol. The van der Waals surface area contributed by atoms with Crippen LogP contribution in [0.5, 0.6) is 0 Å². The number of nitrogens with one attached hydrogen (secondary N) is 2. The molecule has 1 fully saturated rings. The van der Waals surface area contributed by atoms with Gasteiger partial charge in [0.25, 0.3) is 0 Å². The van der Waals surface area contributed by atoms with E-state index in [1.54, 1.807) is 0 Å². The summed E-state index contributed by atoms with van der Waals surface area (Å²) in [5.41, 5.74) is 6.59. The number of nitrogens with zero attached hydrogens (tertiary/aromatic N) is 1. The third-order valence-electron chi connectivity index (χ3n) is 4.75. The lowest BCUT2D eigenvalue weighted by molar-refractivity contribution is -0.120. The van der Waals surface area contributed by atoms with Crippen molar-refractivity contribution in [1.29, 1.82) is 5.26 Å². The van der Waals surface area contributed by atoms with Gasteiger partial charge >= 0.3 is 0 Å². The fraction of sp³-hybridized carbons (Fsp3) is 0.353. The second-order valence-electron chi connectivity index (χ2n) is 6.04. The van der Waals surface area contributed by atoms with Gasteiger partial charge in [0.2, 0.25) is 5.91 Å². The molecule has 0 bridgehead atoms. The molecule has 0 radical (unpaired) electrons. The molecular formula is C17H18N4OS. The third kappa shape index (κ3) is 2.57. The molecule has 1 aromatic rings. The summed E-state index contributed by atoms with van der Waals surface area (Å²) in [6.07, 6.45) is 3.45. The zero-order valence-corrected chi connectivity index (χ0v) is 13.5. The van der Waals surface area contributed by atoms with Crippen LogP contribution in [0.2, 0.25) is 0 Å². The van der Waals surface area contributed by atoms with Crippen LogP contribution in [0.15, 0.2) is 41.7 Å². The number of carbonyl (C=O) groups excluding carboxylic acids is 1. The van der Waals surface area contributed by atoms with Crippen LogP contribution in [0.3, 0.4) is 0 Å². The number of benzene rings is 1. The summed E-state index contributed by atoms with van der Waals surface area (Å²) in [6.45, 7) is 0.